The van der Waals surface area contributed by atoms with Crippen LogP contribution in [0.1, 0.15) is 0 Å². The average Bonchev–Trinajstić information content (AvgIpc) is 3.87. The molecule has 0 bridgehead atoms. The molecule has 12 aromatic rings. The van der Waals surface area contributed by atoms with E-state index in [1.54, 1.807) is 0 Å². The highest BCUT2D eigenvalue weighted by Crippen LogP contribution is 2.44. The van der Waals surface area contributed by atoms with Gasteiger partial charge in [-0.05, 0) is 107 Å². The first-order chi connectivity index (χ1) is 31.3. The lowest BCUT2D eigenvalue weighted by atomic mass is 9.98. The molecule has 10 aromatic carbocycles. The molecule has 2 aromatic heterocycles. The molecule has 63 heavy (non-hydrogen) atoms. The Bertz CT molecular complexity index is 3580. The van der Waals surface area contributed by atoms with Crippen molar-refractivity contribution in [1.29, 1.82) is 0 Å². The Morgan fingerprint density at radius 3 is 1.38 bits per heavy atom. The zero-order chi connectivity index (χ0) is 41.7. The number of aromatic nitrogens is 2. The van der Waals surface area contributed by atoms with Crippen molar-refractivity contribution in [2.24, 2.45) is 0 Å². The monoisotopic (exact) mass is 803 g/mol. The summed E-state index contributed by atoms with van der Waals surface area (Å²) in [7, 11) is 0. The summed E-state index contributed by atoms with van der Waals surface area (Å²) in [6.45, 7) is 0. The Morgan fingerprint density at radius 1 is 0.254 bits per heavy atom. The molecule has 0 atom stereocenters. The number of nitrogens with zero attached hydrogens (tertiary/aromatic N) is 3. The highest BCUT2D eigenvalue weighted by molar-refractivity contribution is 6.12. The molecular weight excluding hydrogens is 763 g/mol. The van der Waals surface area contributed by atoms with Crippen LogP contribution >= 0.6 is 0 Å². The summed E-state index contributed by atoms with van der Waals surface area (Å²) < 4.78 is 4.77. The minimum atomic E-state index is 1.08. The fourth-order valence-corrected chi connectivity index (χ4v) is 9.58. The summed E-state index contributed by atoms with van der Waals surface area (Å²) in [4.78, 5) is 2.42. The molecule has 0 spiro atoms. The second-order valence-electron chi connectivity index (χ2n) is 16.2. The summed E-state index contributed by atoms with van der Waals surface area (Å²) >= 11 is 0. The third kappa shape index (κ3) is 6.29. The van der Waals surface area contributed by atoms with Gasteiger partial charge in [0.2, 0.25) is 0 Å². The van der Waals surface area contributed by atoms with E-state index in [0.29, 0.717) is 0 Å². The van der Waals surface area contributed by atoms with Crippen LogP contribution in [-0.4, -0.2) is 9.13 Å². The molecule has 0 N–H and O–H groups in total. The van der Waals surface area contributed by atoms with Crippen molar-refractivity contribution in [2.45, 2.75) is 0 Å². The van der Waals surface area contributed by atoms with Crippen LogP contribution < -0.4 is 4.90 Å². The molecule has 296 valence electrons. The van der Waals surface area contributed by atoms with E-state index < -0.39 is 0 Å². The van der Waals surface area contributed by atoms with Crippen LogP contribution in [0.15, 0.2) is 249 Å². The molecule has 0 unspecified atom stereocenters. The van der Waals surface area contributed by atoms with Gasteiger partial charge in [-0.25, -0.2) is 0 Å². The number of rotatable bonds is 8. The van der Waals surface area contributed by atoms with Crippen molar-refractivity contribution in [3.8, 4) is 44.8 Å². The summed E-state index contributed by atoms with van der Waals surface area (Å²) in [6.07, 6.45) is 0. The molecule has 3 heteroatoms. The fourth-order valence-electron chi connectivity index (χ4n) is 9.58. The minimum Gasteiger partial charge on any atom is -0.310 e. The second kappa shape index (κ2) is 15.3. The molecule has 0 radical (unpaired) electrons. The number of anilines is 3. The van der Waals surface area contributed by atoms with Gasteiger partial charge in [-0.15, -0.1) is 0 Å². The van der Waals surface area contributed by atoms with E-state index in [9.17, 15) is 0 Å². The van der Waals surface area contributed by atoms with Gasteiger partial charge in [0.25, 0.3) is 0 Å². The second-order valence-corrected chi connectivity index (χ2v) is 16.2. The van der Waals surface area contributed by atoms with Crippen LogP contribution in [-0.2, 0) is 0 Å². The average molecular weight is 804 g/mol. The third-order valence-corrected chi connectivity index (χ3v) is 12.5. The van der Waals surface area contributed by atoms with E-state index in [1.807, 2.05) is 0 Å². The van der Waals surface area contributed by atoms with Crippen molar-refractivity contribution in [2.75, 3.05) is 4.90 Å². The molecule has 0 amide bonds. The quantitative estimate of drug-likeness (QED) is 0.149. The molecule has 0 saturated carbocycles. The molecule has 0 saturated heterocycles. The zero-order valence-electron chi connectivity index (χ0n) is 34.5. The number of fused-ring (bicyclic) bond motifs is 6. The van der Waals surface area contributed by atoms with Crippen LogP contribution in [0, 0.1) is 0 Å². The number of benzene rings is 10. The fraction of sp³-hybridized carbons (Fsp3) is 0. The van der Waals surface area contributed by atoms with Gasteiger partial charge < -0.3 is 14.0 Å². The number of hydrogen-bond donors (Lipinski definition) is 0. The summed E-state index contributed by atoms with van der Waals surface area (Å²) in [5.41, 5.74) is 17.4. The first-order valence-electron chi connectivity index (χ1n) is 21.6. The van der Waals surface area contributed by atoms with Gasteiger partial charge in [0.1, 0.15) is 0 Å². The predicted molar refractivity (Wildman–Crippen MR) is 266 cm³/mol. The van der Waals surface area contributed by atoms with Gasteiger partial charge in [-0.3, -0.25) is 0 Å². The molecule has 3 nitrogen and oxygen atoms in total. The van der Waals surface area contributed by atoms with Crippen molar-refractivity contribution >= 4 is 60.7 Å². The van der Waals surface area contributed by atoms with E-state index in [-0.39, 0.29) is 0 Å². The topological polar surface area (TPSA) is 13.1 Å². The highest BCUT2D eigenvalue weighted by atomic mass is 15.1. The number of hydrogen-bond acceptors (Lipinski definition) is 1. The van der Waals surface area contributed by atoms with Gasteiger partial charge in [-0.1, -0.05) is 170 Å². The Balaban J connectivity index is 1.01. The Kier molecular flexibility index (Phi) is 8.83. The first-order valence-corrected chi connectivity index (χ1v) is 21.6. The Morgan fingerprint density at radius 2 is 0.698 bits per heavy atom. The van der Waals surface area contributed by atoms with Crippen LogP contribution in [0.25, 0.3) is 88.4 Å². The molecule has 12 rings (SSSR count). The molecular formula is C60H41N3. The third-order valence-electron chi connectivity index (χ3n) is 12.5. The minimum absolute atomic E-state index is 1.08. The highest BCUT2D eigenvalue weighted by Gasteiger charge is 2.21. The number of para-hydroxylation sites is 5. The largest absolute Gasteiger partial charge is 0.310 e. The van der Waals surface area contributed by atoms with Gasteiger partial charge in [0.05, 0.1) is 27.8 Å². The Hall–Kier alpha value is -8.40. The molecule has 0 aliphatic carbocycles. The van der Waals surface area contributed by atoms with Crippen LogP contribution in [0.3, 0.4) is 0 Å². The van der Waals surface area contributed by atoms with E-state index >= 15 is 0 Å². The van der Waals surface area contributed by atoms with Crippen LogP contribution in [0.5, 0.6) is 0 Å². The summed E-state index contributed by atoms with van der Waals surface area (Å²) in [6, 6.07) is 90.1. The summed E-state index contributed by atoms with van der Waals surface area (Å²) in [5, 5.41) is 4.95. The van der Waals surface area contributed by atoms with E-state index in [1.165, 1.54) is 60.3 Å². The molecule has 2 heterocycles. The molecule has 0 aliphatic heterocycles. The van der Waals surface area contributed by atoms with Gasteiger partial charge in [0, 0.05) is 49.9 Å². The van der Waals surface area contributed by atoms with Gasteiger partial charge >= 0.3 is 0 Å². The van der Waals surface area contributed by atoms with Gasteiger partial charge in [0.15, 0.2) is 0 Å². The Labute approximate surface area is 366 Å². The zero-order valence-corrected chi connectivity index (χ0v) is 34.5. The van der Waals surface area contributed by atoms with Crippen molar-refractivity contribution in [3.05, 3.63) is 249 Å². The molecule has 0 fully saturated rings. The summed E-state index contributed by atoms with van der Waals surface area (Å²) in [5.74, 6) is 0. The lowest BCUT2D eigenvalue weighted by Gasteiger charge is -2.28. The van der Waals surface area contributed by atoms with Crippen molar-refractivity contribution < 1.29 is 0 Å². The first kappa shape index (κ1) is 36.5. The lowest BCUT2D eigenvalue weighted by Crippen LogP contribution is -2.11. The smallest absolute Gasteiger partial charge is 0.0561 e. The van der Waals surface area contributed by atoms with Crippen LogP contribution in [0.4, 0.5) is 17.1 Å². The lowest BCUT2D eigenvalue weighted by molar-refractivity contribution is 1.18. The molecule has 0 aliphatic rings. The van der Waals surface area contributed by atoms with Crippen LogP contribution in [0.2, 0.25) is 0 Å². The maximum Gasteiger partial charge on any atom is 0.0561 e. The van der Waals surface area contributed by atoms with Crippen molar-refractivity contribution in [3.63, 3.8) is 0 Å². The predicted octanol–water partition coefficient (Wildman–Crippen LogP) is 16.4. The maximum atomic E-state index is 2.42. The normalized spacial score (nSPS) is 11.5. The van der Waals surface area contributed by atoms with E-state index in [2.05, 4.69) is 263 Å². The van der Waals surface area contributed by atoms with Crippen molar-refractivity contribution in [1.82, 2.24) is 9.13 Å². The maximum absolute atomic E-state index is 2.42. The SMILES string of the molecule is c1ccc(-c2ccc(-c3ccccc3N(c3ccc(-c4ccc5c(c4)c4ccccc4n5-c4ccccc4)cc3)c3ccc4c5ccccc5n(-c5ccccc5)c4c3)cc2)cc1. The van der Waals surface area contributed by atoms with Gasteiger partial charge in [-0.2, -0.15) is 0 Å². The van der Waals surface area contributed by atoms with E-state index in [4.69, 9.17) is 0 Å². The van der Waals surface area contributed by atoms with E-state index in [0.717, 1.165) is 45.1 Å². The standard InChI is InChI=1S/C60H41N3/c1-4-16-42(17-5-1)43-28-30-45(31-29-43)51-22-10-13-25-56(51)61(50-37-38-54-52-23-11-14-26-57(52)63(60(54)41-50)48-20-8-3-9-21-48)49-35-32-44(33-36-49)46-34-39-59-55(40-46)53-24-12-15-27-58(53)62(59)47-18-6-2-7-19-47/h1-41H.